The van der Waals surface area contributed by atoms with E-state index in [1.54, 1.807) is 0 Å². The molecule has 3 N–H and O–H groups in total. The van der Waals surface area contributed by atoms with Gasteiger partial charge in [0.2, 0.25) is 0 Å². The Hall–Kier alpha value is -0.900. The van der Waals surface area contributed by atoms with Crippen LogP contribution in [0.25, 0.3) is 0 Å². The predicted octanol–water partition coefficient (Wildman–Crippen LogP) is 3.75. The van der Waals surface area contributed by atoms with Gasteiger partial charge in [-0.3, -0.25) is 0 Å². The van der Waals surface area contributed by atoms with Crippen molar-refractivity contribution in [3.8, 4) is 0 Å². The number of hydrogen-bond acceptors (Lipinski definition) is 3. The monoisotopic (exact) mass is 322 g/mol. The molecule has 0 bridgehead atoms. The van der Waals surface area contributed by atoms with Crippen molar-refractivity contribution in [2.45, 2.75) is 78.1 Å². The summed E-state index contributed by atoms with van der Waals surface area (Å²) in [6.45, 7) is 9.88. The van der Waals surface area contributed by atoms with Crippen LogP contribution in [0.5, 0.6) is 0 Å². The fourth-order valence-corrected chi connectivity index (χ4v) is 2.72. The summed E-state index contributed by atoms with van der Waals surface area (Å²) in [5.74, 6) is 0.368. The van der Waals surface area contributed by atoms with Gasteiger partial charge >= 0.3 is 0 Å². The molecule has 0 saturated carbocycles. The molecule has 0 aromatic carbocycles. The number of aliphatic hydroxyl groups excluding tert-OH is 2. The fraction of sp³-hybridized carbons (Fsp3) is 0.700. The Balaban J connectivity index is 3.08. The number of rotatable bonds is 1. The first-order valence-corrected chi connectivity index (χ1v) is 8.77. The Kier molecular flexibility index (Phi) is 7.72. The average molecular weight is 322 g/mol. The Bertz CT molecular complexity index is 462. The van der Waals surface area contributed by atoms with Crippen molar-refractivity contribution in [1.82, 2.24) is 0 Å². The van der Waals surface area contributed by atoms with Crippen LogP contribution in [0.15, 0.2) is 35.5 Å². The normalized spacial score (nSPS) is 40.7. The molecule has 3 heteroatoms. The Morgan fingerprint density at radius 3 is 2.30 bits per heavy atom. The van der Waals surface area contributed by atoms with Crippen molar-refractivity contribution in [3.63, 3.8) is 0 Å². The first kappa shape index (κ1) is 20.1. The summed E-state index contributed by atoms with van der Waals surface area (Å²) >= 11 is 0. The molecule has 132 valence electrons. The molecule has 0 aliphatic heterocycles. The van der Waals surface area contributed by atoms with Gasteiger partial charge in [0.15, 0.2) is 0 Å². The third-order valence-corrected chi connectivity index (χ3v) is 5.04. The van der Waals surface area contributed by atoms with Crippen molar-refractivity contribution in [3.05, 3.63) is 35.5 Å². The highest BCUT2D eigenvalue weighted by atomic mass is 16.3. The number of allylic oxidation sites excluding steroid dienone is 2. The van der Waals surface area contributed by atoms with Crippen LogP contribution in [0.4, 0.5) is 0 Å². The van der Waals surface area contributed by atoms with E-state index in [0.29, 0.717) is 12.3 Å². The summed E-state index contributed by atoms with van der Waals surface area (Å²) in [5, 5.41) is 31.5. The van der Waals surface area contributed by atoms with E-state index in [2.05, 4.69) is 19.1 Å². The summed E-state index contributed by atoms with van der Waals surface area (Å²) in [5.41, 5.74) is 0.766. The zero-order valence-electron chi connectivity index (χ0n) is 15.3. The SMILES string of the molecule is C/C1=C\CC[C@H](C)/C=C/[C@@](O)(C(C)C)C[C@@H](O)/C(C)=C/C[C@H]1O. The highest BCUT2D eigenvalue weighted by Crippen LogP contribution is 2.28. The lowest BCUT2D eigenvalue weighted by molar-refractivity contribution is 0.00149. The van der Waals surface area contributed by atoms with Gasteiger partial charge in [0.25, 0.3) is 0 Å². The first-order chi connectivity index (χ1) is 10.7. The standard InChI is InChI=1S/C20H34O3/c1-14(2)20(23)12-11-15(3)7-6-8-16(4)18(21)10-9-17(5)19(22)13-20/h8-9,11-12,14-15,18-19,21-23H,6-7,10,13H2,1-5H3/b12-11+,16-8+,17-9+/t15-,18+,19+,20-/m0/s1. The number of hydrogen-bond donors (Lipinski definition) is 3. The summed E-state index contributed by atoms with van der Waals surface area (Å²) in [6.07, 6.45) is 9.36. The third-order valence-electron chi connectivity index (χ3n) is 5.04. The molecule has 0 unspecified atom stereocenters. The molecule has 0 aromatic heterocycles. The lowest BCUT2D eigenvalue weighted by atomic mass is 9.82. The molecule has 0 spiro atoms. The fourth-order valence-electron chi connectivity index (χ4n) is 2.72. The molecule has 1 aliphatic carbocycles. The molecule has 1 aliphatic rings. The quantitative estimate of drug-likeness (QED) is 0.644. The maximum absolute atomic E-state index is 10.9. The molecule has 3 nitrogen and oxygen atoms in total. The molecule has 23 heavy (non-hydrogen) atoms. The highest BCUT2D eigenvalue weighted by Gasteiger charge is 2.31. The van der Waals surface area contributed by atoms with Gasteiger partial charge in [0.05, 0.1) is 17.8 Å². The van der Waals surface area contributed by atoms with Crippen LogP contribution >= 0.6 is 0 Å². The smallest absolute Gasteiger partial charge is 0.0878 e. The van der Waals surface area contributed by atoms with Gasteiger partial charge in [-0.1, -0.05) is 45.1 Å². The van der Waals surface area contributed by atoms with Gasteiger partial charge in [0.1, 0.15) is 0 Å². The molecule has 0 amide bonds. The molecular weight excluding hydrogens is 288 g/mol. The van der Waals surface area contributed by atoms with Crippen molar-refractivity contribution in [2.24, 2.45) is 11.8 Å². The summed E-state index contributed by atoms with van der Waals surface area (Å²) in [6, 6.07) is 0. The van der Waals surface area contributed by atoms with Gasteiger partial charge in [-0.05, 0) is 56.1 Å². The topological polar surface area (TPSA) is 60.7 Å². The van der Waals surface area contributed by atoms with E-state index in [9.17, 15) is 15.3 Å². The zero-order chi connectivity index (χ0) is 17.6. The molecule has 0 heterocycles. The van der Waals surface area contributed by atoms with E-state index in [-0.39, 0.29) is 12.3 Å². The van der Waals surface area contributed by atoms with Crippen molar-refractivity contribution < 1.29 is 15.3 Å². The van der Waals surface area contributed by atoms with Crippen LogP contribution in [0.3, 0.4) is 0 Å². The second-order valence-corrected chi connectivity index (χ2v) is 7.43. The van der Waals surface area contributed by atoms with Crippen LogP contribution in [0, 0.1) is 11.8 Å². The van der Waals surface area contributed by atoms with Crippen LogP contribution in [0.1, 0.15) is 60.3 Å². The summed E-state index contributed by atoms with van der Waals surface area (Å²) in [7, 11) is 0. The largest absolute Gasteiger partial charge is 0.389 e. The molecule has 0 radical (unpaired) electrons. The van der Waals surface area contributed by atoms with Crippen molar-refractivity contribution >= 4 is 0 Å². The van der Waals surface area contributed by atoms with E-state index in [4.69, 9.17) is 0 Å². The Labute approximate surface area is 141 Å². The lowest BCUT2D eigenvalue weighted by Gasteiger charge is -2.32. The molecule has 4 atom stereocenters. The van der Waals surface area contributed by atoms with E-state index < -0.39 is 17.8 Å². The zero-order valence-corrected chi connectivity index (χ0v) is 15.3. The minimum atomic E-state index is -1.02. The number of aliphatic hydroxyl groups is 3. The van der Waals surface area contributed by atoms with Crippen LogP contribution in [0.2, 0.25) is 0 Å². The molecule has 0 fully saturated rings. The van der Waals surface area contributed by atoms with Gasteiger partial charge in [0, 0.05) is 6.42 Å². The predicted molar refractivity (Wildman–Crippen MR) is 96.1 cm³/mol. The minimum Gasteiger partial charge on any atom is -0.389 e. The van der Waals surface area contributed by atoms with Crippen molar-refractivity contribution in [1.29, 1.82) is 0 Å². The second-order valence-electron chi connectivity index (χ2n) is 7.43. The highest BCUT2D eigenvalue weighted by molar-refractivity contribution is 5.15. The van der Waals surface area contributed by atoms with E-state index >= 15 is 0 Å². The summed E-state index contributed by atoms with van der Waals surface area (Å²) < 4.78 is 0. The maximum Gasteiger partial charge on any atom is 0.0878 e. The Morgan fingerprint density at radius 1 is 1.09 bits per heavy atom. The average Bonchev–Trinajstić information content (AvgIpc) is 2.48. The first-order valence-electron chi connectivity index (χ1n) is 8.77. The van der Waals surface area contributed by atoms with Gasteiger partial charge in [-0.2, -0.15) is 0 Å². The third kappa shape index (κ3) is 6.25. The van der Waals surface area contributed by atoms with Crippen LogP contribution in [-0.4, -0.2) is 33.1 Å². The lowest BCUT2D eigenvalue weighted by Crippen LogP contribution is -2.37. The molecular formula is C20H34O3. The van der Waals surface area contributed by atoms with Gasteiger partial charge in [-0.25, -0.2) is 0 Å². The van der Waals surface area contributed by atoms with Crippen LogP contribution < -0.4 is 0 Å². The maximum atomic E-state index is 10.9. The van der Waals surface area contributed by atoms with E-state index in [1.165, 1.54) is 0 Å². The minimum absolute atomic E-state index is 0.0223. The summed E-state index contributed by atoms with van der Waals surface area (Å²) in [4.78, 5) is 0. The van der Waals surface area contributed by atoms with E-state index in [0.717, 1.165) is 24.0 Å². The molecule has 1 rings (SSSR count). The van der Waals surface area contributed by atoms with Gasteiger partial charge < -0.3 is 15.3 Å². The molecule has 0 saturated heterocycles. The van der Waals surface area contributed by atoms with Crippen LogP contribution in [-0.2, 0) is 0 Å². The Morgan fingerprint density at radius 2 is 1.70 bits per heavy atom. The molecule has 0 aromatic rings. The van der Waals surface area contributed by atoms with Gasteiger partial charge in [-0.15, -0.1) is 0 Å². The van der Waals surface area contributed by atoms with Crippen molar-refractivity contribution in [2.75, 3.05) is 0 Å². The van der Waals surface area contributed by atoms with E-state index in [1.807, 2.05) is 39.8 Å². The second kappa shape index (κ2) is 8.81.